The summed E-state index contributed by atoms with van der Waals surface area (Å²) in [4.78, 5) is 0. The smallest absolute Gasteiger partial charge is 0.0457 e. The maximum Gasteiger partial charge on any atom is 0.0457 e. The van der Waals surface area contributed by atoms with Crippen LogP contribution in [0, 0.1) is 6.92 Å². The molecule has 0 saturated heterocycles. The lowest BCUT2D eigenvalue weighted by molar-refractivity contribution is 0.584. The summed E-state index contributed by atoms with van der Waals surface area (Å²) in [5.41, 5.74) is 4.16. The van der Waals surface area contributed by atoms with Crippen LogP contribution in [0.4, 0.5) is 0 Å². The molecule has 1 nitrogen and oxygen atoms in total. The van der Waals surface area contributed by atoms with Gasteiger partial charge in [-0.2, -0.15) is 0 Å². The first kappa shape index (κ1) is 13.5. The Morgan fingerprint density at radius 2 is 1.94 bits per heavy atom. The number of alkyl halides is 1. The molecule has 0 aliphatic carbocycles. The number of rotatable bonds is 3. The fraction of sp³-hybridized carbons (Fsp3) is 0.571. The highest BCUT2D eigenvalue weighted by atomic mass is 35.5. The molecule has 0 amide bonds. The van der Waals surface area contributed by atoms with E-state index in [0.29, 0.717) is 5.88 Å². The minimum absolute atomic E-state index is 0.188. The zero-order valence-corrected chi connectivity index (χ0v) is 11.7. The second-order valence-corrected chi connectivity index (χ2v) is 5.63. The molecule has 0 spiro atoms. The lowest BCUT2D eigenvalue weighted by Crippen LogP contribution is -2.20. The van der Waals surface area contributed by atoms with Gasteiger partial charge in [0.15, 0.2) is 0 Å². The van der Waals surface area contributed by atoms with Gasteiger partial charge in [0.25, 0.3) is 0 Å². The zero-order valence-electron chi connectivity index (χ0n) is 10.9. The summed E-state index contributed by atoms with van der Waals surface area (Å²) in [7, 11) is 1.95. The third-order valence-electron chi connectivity index (χ3n) is 3.02. The highest BCUT2D eigenvalue weighted by Crippen LogP contribution is 2.27. The largest absolute Gasteiger partial charge is 0.312 e. The topological polar surface area (TPSA) is 12.0 Å². The standard InChI is InChI=1S/C14H22ClN/c1-10-6-7-11(14(2,3)4)8-12(10)13(9-15)16-5/h6-8,13,16H,9H2,1-5H3. The molecule has 0 heterocycles. The van der Waals surface area contributed by atoms with Crippen molar-refractivity contribution < 1.29 is 0 Å². The van der Waals surface area contributed by atoms with Crippen LogP contribution in [-0.2, 0) is 5.41 Å². The summed E-state index contributed by atoms with van der Waals surface area (Å²) in [5.74, 6) is 0.602. The number of nitrogens with one attached hydrogen (secondary N) is 1. The first-order chi connectivity index (χ1) is 7.40. The van der Waals surface area contributed by atoms with Crippen molar-refractivity contribution >= 4 is 11.6 Å². The van der Waals surface area contributed by atoms with Crippen LogP contribution in [0.25, 0.3) is 0 Å². The van der Waals surface area contributed by atoms with Crippen LogP contribution in [-0.4, -0.2) is 12.9 Å². The average molecular weight is 240 g/mol. The van der Waals surface area contributed by atoms with Gasteiger partial charge in [-0.05, 0) is 36.1 Å². The molecule has 1 N–H and O–H groups in total. The van der Waals surface area contributed by atoms with Gasteiger partial charge in [0.05, 0.1) is 0 Å². The van der Waals surface area contributed by atoms with E-state index in [1.54, 1.807) is 0 Å². The zero-order chi connectivity index (χ0) is 12.3. The molecule has 2 heteroatoms. The van der Waals surface area contributed by atoms with Gasteiger partial charge in [0.1, 0.15) is 0 Å². The average Bonchev–Trinajstić information content (AvgIpc) is 2.20. The minimum Gasteiger partial charge on any atom is -0.312 e. The Labute approximate surface area is 104 Å². The van der Waals surface area contributed by atoms with Crippen LogP contribution >= 0.6 is 11.6 Å². The van der Waals surface area contributed by atoms with Crippen LogP contribution in [0.5, 0.6) is 0 Å². The summed E-state index contributed by atoms with van der Waals surface area (Å²) in [6.07, 6.45) is 0. The highest BCUT2D eigenvalue weighted by molar-refractivity contribution is 6.18. The fourth-order valence-corrected chi connectivity index (χ4v) is 2.12. The van der Waals surface area contributed by atoms with E-state index in [4.69, 9.17) is 11.6 Å². The molecule has 0 fully saturated rings. The summed E-state index contributed by atoms with van der Waals surface area (Å²) in [6, 6.07) is 6.91. The van der Waals surface area contributed by atoms with Crippen molar-refractivity contribution in [3.63, 3.8) is 0 Å². The van der Waals surface area contributed by atoms with Gasteiger partial charge in [-0.15, -0.1) is 11.6 Å². The molecular weight excluding hydrogens is 218 g/mol. The first-order valence-electron chi connectivity index (χ1n) is 5.74. The van der Waals surface area contributed by atoms with E-state index < -0.39 is 0 Å². The lowest BCUT2D eigenvalue weighted by Gasteiger charge is -2.23. The molecule has 1 rings (SSSR count). The number of hydrogen-bond acceptors (Lipinski definition) is 1. The molecule has 90 valence electrons. The van der Waals surface area contributed by atoms with Gasteiger partial charge in [-0.25, -0.2) is 0 Å². The normalized spacial score (nSPS) is 13.9. The van der Waals surface area contributed by atoms with Gasteiger partial charge in [0.2, 0.25) is 0 Å². The molecule has 0 aliphatic rings. The highest BCUT2D eigenvalue weighted by Gasteiger charge is 2.17. The maximum atomic E-state index is 5.98. The van der Waals surface area contributed by atoms with Crippen LogP contribution in [0.2, 0.25) is 0 Å². The number of hydrogen-bond donors (Lipinski definition) is 1. The van der Waals surface area contributed by atoms with E-state index in [9.17, 15) is 0 Å². The van der Waals surface area contributed by atoms with Crippen molar-refractivity contribution in [2.75, 3.05) is 12.9 Å². The minimum atomic E-state index is 0.188. The predicted octanol–water partition coefficient (Wildman–Crippen LogP) is 3.79. The van der Waals surface area contributed by atoms with Crippen molar-refractivity contribution in [2.45, 2.75) is 39.2 Å². The van der Waals surface area contributed by atoms with Crippen molar-refractivity contribution in [1.82, 2.24) is 5.32 Å². The second-order valence-electron chi connectivity index (χ2n) is 5.32. The van der Waals surface area contributed by atoms with E-state index in [1.165, 1.54) is 16.7 Å². The fourth-order valence-electron chi connectivity index (χ4n) is 1.80. The van der Waals surface area contributed by atoms with Gasteiger partial charge in [-0.1, -0.05) is 39.0 Å². The lowest BCUT2D eigenvalue weighted by atomic mass is 9.84. The summed E-state index contributed by atoms with van der Waals surface area (Å²) >= 11 is 5.98. The van der Waals surface area contributed by atoms with E-state index in [-0.39, 0.29) is 11.5 Å². The third-order valence-corrected chi connectivity index (χ3v) is 3.33. The van der Waals surface area contributed by atoms with Gasteiger partial charge >= 0.3 is 0 Å². The Balaban J connectivity index is 3.18. The summed E-state index contributed by atoms with van der Waals surface area (Å²) in [6.45, 7) is 8.84. The maximum absolute atomic E-state index is 5.98. The Kier molecular flexibility index (Phi) is 4.40. The van der Waals surface area contributed by atoms with E-state index in [2.05, 4.69) is 51.2 Å². The Morgan fingerprint density at radius 1 is 1.31 bits per heavy atom. The molecule has 1 unspecified atom stereocenters. The first-order valence-corrected chi connectivity index (χ1v) is 6.28. The van der Waals surface area contributed by atoms with E-state index in [0.717, 1.165) is 0 Å². The number of aryl methyl sites for hydroxylation is 1. The molecule has 0 aliphatic heterocycles. The van der Waals surface area contributed by atoms with E-state index >= 15 is 0 Å². The molecule has 0 radical (unpaired) electrons. The monoisotopic (exact) mass is 239 g/mol. The molecule has 0 saturated carbocycles. The number of halogens is 1. The van der Waals surface area contributed by atoms with E-state index in [1.807, 2.05) is 7.05 Å². The van der Waals surface area contributed by atoms with Crippen molar-refractivity contribution in [2.24, 2.45) is 0 Å². The van der Waals surface area contributed by atoms with Gasteiger partial charge in [0, 0.05) is 11.9 Å². The molecule has 0 aromatic heterocycles. The Hall–Kier alpha value is -0.530. The van der Waals surface area contributed by atoms with Crippen LogP contribution < -0.4 is 5.32 Å². The second kappa shape index (κ2) is 5.20. The quantitative estimate of drug-likeness (QED) is 0.792. The summed E-state index contributed by atoms with van der Waals surface area (Å²) < 4.78 is 0. The van der Waals surface area contributed by atoms with Crippen molar-refractivity contribution in [3.8, 4) is 0 Å². The number of benzene rings is 1. The molecule has 16 heavy (non-hydrogen) atoms. The van der Waals surface area contributed by atoms with Crippen molar-refractivity contribution in [3.05, 3.63) is 34.9 Å². The van der Waals surface area contributed by atoms with Gasteiger partial charge in [-0.3, -0.25) is 0 Å². The molecular formula is C14H22ClN. The molecule has 1 aromatic rings. The molecule has 1 atom stereocenters. The van der Waals surface area contributed by atoms with Crippen LogP contribution in [0.1, 0.15) is 43.5 Å². The van der Waals surface area contributed by atoms with Crippen LogP contribution in [0.15, 0.2) is 18.2 Å². The SMILES string of the molecule is CNC(CCl)c1cc(C(C)(C)C)ccc1C. The molecule has 1 aromatic carbocycles. The Bertz CT molecular complexity index is 348. The summed E-state index contributed by atoms with van der Waals surface area (Å²) in [5, 5.41) is 3.26. The van der Waals surface area contributed by atoms with Gasteiger partial charge < -0.3 is 5.32 Å². The van der Waals surface area contributed by atoms with Crippen molar-refractivity contribution in [1.29, 1.82) is 0 Å². The third kappa shape index (κ3) is 2.99. The predicted molar refractivity (Wildman–Crippen MR) is 72.4 cm³/mol. The van der Waals surface area contributed by atoms with Crippen LogP contribution in [0.3, 0.4) is 0 Å². The Morgan fingerprint density at radius 3 is 2.38 bits per heavy atom. The molecule has 0 bridgehead atoms.